The first kappa shape index (κ1) is 8.94. The van der Waals surface area contributed by atoms with Crippen molar-refractivity contribution in [1.29, 1.82) is 0 Å². The Morgan fingerprint density at radius 3 is 3.08 bits per heavy atom. The van der Waals surface area contributed by atoms with Gasteiger partial charge >= 0.3 is 0 Å². The summed E-state index contributed by atoms with van der Waals surface area (Å²) in [4.78, 5) is 4.05. The van der Waals surface area contributed by atoms with Crippen LogP contribution < -0.4 is 0 Å². The molecule has 0 amide bonds. The highest BCUT2D eigenvalue weighted by atomic mass is 16.3. The third kappa shape index (κ3) is 2.17. The van der Waals surface area contributed by atoms with Crippen LogP contribution in [0.25, 0.3) is 0 Å². The standard InChI is InChI=1S/C10H13NO/c1-3-4-10(12)9-5-6-11-8(2)7-9/h3,5-7,10,12H,1,4H2,2H3. The van der Waals surface area contributed by atoms with Gasteiger partial charge in [-0.15, -0.1) is 6.58 Å². The summed E-state index contributed by atoms with van der Waals surface area (Å²) in [6.45, 7) is 5.48. The Balaban J connectivity index is 2.80. The Hall–Kier alpha value is -1.15. The Bertz CT molecular complexity index is 270. The highest BCUT2D eigenvalue weighted by Crippen LogP contribution is 2.16. The van der Waals surface area contributed by atoms with Crippen molar-refractivity contribution >= 4 is 0 Å². The van der Waals surface area contributed by atoms with Gasteiger partial charge in [-0.05, 0) is 31.0 Å². The van der Waals surface area contributed by atoms with E-state index in [9.17, 15) is 5.11 Å². The normalized spacial score (nSPS) is 12.5. The van der Waals surface area contributed by atoms with Crippen molar-refractivity contribution < 1.29 is 5.11 Å². The third-order valence-electron chi connectivity index (χ3n) is 1.70. The average molecular weight is 163 g/mol. The van der Waals surface area contributed by atoms with E-state index < -0.39 is 6.10 Å². The lowest BCUT2D eigenvalue weighted by Crippen LogP contribution is -1.96. The number of aromatic nitrogens is 1. The van der Waals surface area contributed by atoms with Crippen molar-refractivity contribution in [1.82, 2.24) is 4.98 Å². The first-order chi connectivity index (χ1) is 5.74. The molecule has 0 bridgehead atoms. The van der Waals surface area contributed by atoms with E-state index >= 15 is 0 Å². The molecule has 0 fully saturated rings. The highest BCUT2D eigenvalue weighted by molar-refractivity contribution is 5.18. The monoisotopic (exact) mass is 163 g/mol. The van der Waals surface area contributed by atoms with Crippen LogP contribution in [0.1, 0.15) is 23.8 Å². The van der Waals surface area contributed by atoms with Gasteiger partial charge in [-0.25, -0.2) is 0 Å². The Morgan fingerprint density at radius 2 is 2.50 bits per heavy atom. The van der Waals surface area contributed by atoms with Crippen molar-refractivity contribution in [3.63, 3.8) is 0 Å². The maximum Gasteiger partial charge on any atom is 0.0825 e. The molecule has 1 aromatic rings. The summed E-state index contributed by atoms with van der Waals surface area (Å²) in [7, 11) is 0. The summed E-state index contributed by atoms with van der Waals surface area (Å²) >= 11 is 0. The molecule has 64 valence electrons. The predicted molar refractivity (Wildman–Crippen MR) is 48.7 cm³/mol. The fourth-order valence-electron chi connectivity index (χ4n) is 1.07. The minimum absolute atomic E-state index is 0.441. The molecule has 1 N–H and O–H groups in total. The molecule has 0 aliphatic rings. The van der Waals surface area contributed by atoms with E-state index in [-0.39, 0.29) is 0 Å². The van der Waals surface area contributed by atoms with Gasteiger partial charge in [-0.3, -0.25) is 4.98 Å². The number of hydrogen-bond acceptors (Lipinski definition) is 2. The second-order valence-electron chi connectivity index (χ2n) is 2.77. The van der Waals surface area contributed by atoms with Gasteiger partial charge in [0.05, 0.1) is 6.10 Å². The van der Waals surface area contributed by atoms with Crippen LogP contribution in [-0.2, 0) is 0 Å². The molecule has 0 saturated heterocycles. The number of hydrogen-bond donors (Lipinski definition) is 1. The van der Waals surface area contributed by atoms with Crippen LogP contribution in [0.4, 0.5) is 0 Å². The number of aliphatic hydroxyl groups excluding tert-OH is 1. The SMILES string of the molecule is C=CCC(O)c1ccnc(C)c1. The van der Waals surface area contributed by atoms with Gasteiger partial charge in [0.2, 0.25) is 0 Å². The lowest BCUT2D eigenvalue weighted by molar-refractivity contribution is 0.181. The van der Waals surface area contributed by atoms with E-state index in [0.29, 0.717) is 6.42 Å². The zero-order valence-corrected chi connectivity index (χ0v) is 7.20. The molecule has 0 spiro atoms. The zero-order chi connectivity index (χ0) is 8.97. The number of rotatable bonds is 3. The molecular weight excluding hydrogens is 150 g/mol. The van der Waals surface area contributed by atoms with Crippen molar-refractivity contribution in [3.05, 3.63) is 42.2 Å². The molecule has 0 aliphatic heterocycles. The van der Waals surface area contributed by atoms with Crippen LogP contribution in [0.3, 0.4) is 0 Å². The van der Waals surface area contributed by atoms with Gasteiger partial charge in [-0.1, -0.05) is 6.08 Å². The Kier molecular flexibility index (Phi) is 3.00. The number of pyridine rings is 1. The van der Waals surface area contributed by atoms with Crippen LogP contribution in [0.2, 0.25) is 0 Å². The molecule has 1 atom stereocenters. The highest BCUT2D eigenvalue weighted by Gasteiger charge is 2.04. The molecule has 0 saturated carbocycles. The van der Waals surface area contributed by atoms with Crippen molar-refractivity contribution in [3.8, 4) is 0 Å². The predicted octanol–water partition coefficient (Wildman–Crippen LogP) is 2.00. The average Bonchev–Trinajstić information content (AvgIpc) is 2.05. The first-order valence-electron chi connectivity index (χ1n) is 3.95. The topological polar surface area (TPSA) is 33.1 Å². The second-order valence-corrected chi connectivity index (χ2v) is 2.77. The van der Waals surface area contributed by atoms with Crippen LogP contribution in [0.5, 0.6) is 0 Å². The number of nitrogens with zero attached hydrogens (tertiary/aromatic N) is 1. The molecule has 1 unspecified atom stereocenters. The van der Waals surface area contributed by atoms with E-state index in [4.69, 9.17) is 0 Å². The van der Waals surface area contributed by atoms with Crippen LogP contribution in [0.15, 0.2) is 31.0 Å². The van der Waals surface area contributed by atoms with Crippen LogP contribution in [-0.4, -0.2) is 10.1 Å². The van der Waals surface area contributed by atoms with E-state index in [1.165, 1.54) is 0 Å². The van der Waals surface area contributed by atoms with E-state index in [1.54, 1.807) is 12.3 Å². The Labute approximate surface area is 72.6 Å². The van der Waals surface area contributed by atoms with Crippen molar-refractivity contribution in [2.45, 2.75) is 19.4 Å². The quantitative estimate of drug-likeness (QED) is 0.691. The number of aliphatic hydroxyl groups is 1. The summed E-state index contributed by atoms with van der Waals surface area (Å²) in [5.41, 5.74) is 1.83. The summed E-state index contributed by atoms with van der Waals surface area (Å²) in [5, 5.41) is 9.55. The summed E-state index contributed by atoms with van der Waals surface area (Å²) < 4.78 is 0. The largest absolute Gasteiger partial charge is 0.388 e. The van der Waals surface area contributed by atoms with E-state index in [1.807, 2.05) is 19.1 Å². The molecule has 1 heterocycles. The van der Waals surface area contributed by atoms with Crippen molar-refractivity contribution in [2.75, 3.05) is 0 Å². The van der Waals surface area contributed by atoms with E-state index in [0.717, 1.165) is 11.3 Å². The molecule has 1 aromatic heterocycles. The third-order valence-corrected chi connectivity index (χ3v) is 1.70. The molecular formula is C10H13NO. The second kappa shape index (κ2) is 4.02. The van der Waals surface area contributed by atoms with Gasteiger partial charge in [-0.2, -0.15) is 0 Å². The van der Waals surface area contributed by atoms with Crippen molar-refractivity contribution in [2.24, 2.45) is 0 Å². The minimum atomic E-state index is -0.441. The minimum Gasteiger partial charge on any atom is -0.388 e. The zero-order valence-electron chi connectivity index (χ0n) is 7.20. The molecule has 12 heavy (non-hydrogen) atoms. The van der Waals surface area contributed by atoms with Gasteiger partial charge in [0.25, 0.3) is 0 Å². The molecule has 0 aromatic carbocycles. The maximum atomic E-state index is 9.55. The van der Waals surface area contributed by atoms with E-state index in [2.05, 4.69) is 11.6 Å². The first-order valence-corrected chi connectivity index (χ1v) is 3.95. The Morgan fingerprint density at radius 1 is 1.75 bits per heavy atom. The fourth-order valence-corrected chi connectivity index (χ4v) is 1.07. The summed E-state index contributed by atoms with van der Waals surface area (Å²) in [5.74, 6) is 0. The van der Waals surface area contributed by atoms with Crippen LogP contribution in [0, 0.1) is 6.92 Å². The summed E-state index contributed by atoms with van der Waals surface area (Å²) in [6.07, 6.45) is 3.56. The maximum absolute atomic E-state index is 9.55. The van der Waals surface area contributed by atoms with Gasteiger partial charge in [0, 0.05) is 11.9 Å². The number of aryl methyl sites for hydroxylation is 1. The van der Waals surface area contributed by atoms with Gasteiger partial charge in [0.1, 0.15) is 0 Å². The lowest BCUT2D eigenvalue weighted by atomic mass is 10.1. The summed E-state index contributed by atoms with van der Waals surface area (Å²) in [6, 6.07) is 3.70. The smallest absolute Gasteiger partial charge is 0.0825 e. The molecule has 0 radical (unpaired) electrons. The lowest BCUT2D eigenvalue weighted by Gasteiger charge is -2.07. The molecule has 2 nitrogen and oxygen atoms in total. The van der Waals surface area contributed by atoms with Gasteiger partial charge < -0.3 is 5.11 Å². The van der Waals surface area contributed by atoms with Crippen LogP contribution >= 0.6 is 0 Å². The molecule has 1 rings (SSSR count). The fraction of sp³-hybridized carbons (Fsp3) is 0.300. The molecule has 2 heteroatoms. The van der Waals surface area contributed by atoms with Gasteiger partial charge in [0.15, 0.2) is 0 Å². The molecule has 0 aliphatic carbocycles.